The molecular weight excluding hydrogens is 453 g/mol. The molecule has 0 saturated carbocycles. The van der Waals surface area contributed by atoms with Crippen molar-refractivity contribution in [2.45, 2.75) is 31.8 Å². The summed E-state index contributed by atoms with van der Waals surface area (Å²) in [6.45, 7) is 0.687. The van der Waals surface area contributed by atoms with Crippen LogP contribution in [0.25, 0.3) is 21.5 Å². The molecular formula is C22H20INO3. The summed E-state index contributed by atoms with van der Waals surface area (Å²) in [6, 6.07) is 11.1. The van der Waals surface area contributed by atoms with Gasteiger partial charge in [-0.25, -0.2) is 0 Å². The van der Waals surface area contributed by atoms with Gasteiger partial charge in [-0.3, -0.25) is 4.79 Å². The molecule has 138 valence electrons. The van der Waals surface area contributed by atoms with Crippen molar-refractivity contribution in [1.29, 1.82) is 0 Å². The third-order valence-electron chi connectivity index (χ3n) is 6.03. The van der Waals surface area contributed by atoms with Gasteiger partial charge in [0.2, 0.25) is 5.91 Å². The minimum atomic E-state index is 0.280. The molecule has 5 rings (SSSR count). The first-order chi connectivity index (χ1) is 13.1. The van der Waals surface area contributed by atoms with Gasteiger partial charge in [-0.15, -0.1) is 0 Å². The van der Waals surface area contributed by atoms with Gasteiger partial charge in [0.25, 0.3) is 0 Å². The van der Waals surface area contributed by atoms with E-state index in [4.69, 9.17) is 9.47 Å². The van der Waals surface area contributed by atoms with E-state index >= 15 is 0 Å². The van der Waals surface area contributed by atoms with Crippen molar-refractivity contribution in [2.75, 3.05) is 14.2 Å². The van der Waals surface area contributed by atoms with Crippen LogP contribution >= 0.6 is 22.6 Å². The van der Waals surface area contributed by atoms with Crippen molar-refractivity contribution >= 4 is 50.0 Å². The van der Waals surface area contributed by atoms with Crippen molar-refractivity contribution in [3.05, 3.63) is 45.0 Å². The number of methoxy groups -OCH3 is 2. The van der Waals surface area contributed by atoms with Crippen LogP contribution in [-0.4, -0.2) is 31.1 Å². The number of ether oxygens (including phenoxy) is 2. The van der Waals surface area contributed by atoms with Gasteiger partial charge in [-0.05, 0) is 92.4 Å². The second-order valence-electron chi connectivity index (χ2n) is 7.32. The van der Waals surface area contributed by atoms with E-state index in [0.29, 0.717) is 19.0 Å². The van der Waals surface area contributed by atoms with Gasteiger partial charge < -0.3 is 14.4 Å². The van der Waals surface area contributed by atoms with Crippen LogP contribution in [0.15, 0.2) is 30.3 Å². The second-order valence-corrected chi connectivity index (χ2v) is 8.56. The van der Waals surface area contributed by atoms with Crippen LogP contribution in [0.1, 0.15) is 24.0 Å². The minimum absolute atomic E-state index is 0.280. The van der Waals surface area contributed by atoms with Gasteiger partial charge in [0.15, 0.2) is 11.5 Å². The molecule has 0 spiro atoms. The van der Waals surface area contributed by atoms with Crippen molar-refractivity contribution in [2.24, 2.45) is 0 Å². The molecule has 0 unspecified atom stereocenters. The molecule has 0 N–H and O–H groups in total. The number of carbonyl (C=O) groups is 1. The number of hydrogen-bond acceptors (Lipinski definition) is 3. The Morgan fingerprint density at radius 3 is 2.41 bits per heavy atom. The lowest BCUT2D eigenvalue weighted by Gasteiger charge is -2.33. The number of nitrogens with zero attached hydrogens (tertiary/aromatic N) is 1. The highest BCUT2D eigenvalue weighted by molar-refractivity contribution is 14.1. The zero-order valence-electron chi connectivity index (χ0n) is 15.3. The van der Waals surface area contributed by atoms with Gasteiger partial charge in [0.05, 0.1) is 14.2 Å². The molecule has 4 nitrogen and oxygen atoms in total. The van der Waals surface area contributed by atoms with E-state index in [1.165, 1.54) is 25.5 Å². The lowest BCUT2D eigenvalue weighted by Crippen LogP contribution is -2.38. The maximum atomic E-state index is 12.4. The highest BCUT2D eigenvalue weighted by Crippen LogP contribution is 2.43. The number of hydrogen-bond donors (Lipinski definition) is 0. The average Bonchev–Trinajstić information content (AvgIpc) is 3.05. The zero-order chi connectivity index (χ0) is 18.7. The molecule has 2 aliphatic heterocycles. The van der Waals surface area contributed by atoms with Gasteiger partial charge in [0.1, 0.15) is 0 Å². The summed E-state index contributed by atoms with van der Waals surface area (Å²) >= 11 is 2.37. The summed E-state index contributed by atoms with van der Waals surface area (Å²) in [7, 11) is 3.34. The lowest BCUT2D eigenvalue weighted by atomic mass is 9.85. The Morgan fingerprint density at radius 1 is 0.963 bits per heavy atom. The van der Waals surface area contributed by atoms with Gasteiger partial charge in [-0.1, -0.05) is 6.07 Å². The van der Waals surface area contributed by atoms with E-state index in [9.17, 15) is 4.79 Å². The fraction of sp³-hybridized carbons (Fsp3) is 0.318. The van der Waals surface area contributed by atoms with Crippen LogP contribution in [0.4, 0.5) is 0 Å². The van der Waals surface area contributed by atoms with Crippen LogP contribution in [0.5, 0.6) is 11.5 Å². The summed E-state index contributed by atoms with van der Waals surface area (Å²) in [6.07, 6.45) is 2.57. The number of amides is 1. The van der Waals surface area contributed by atoms with E-state index < -0.39 is 0 Å². The predicted molar refractivity (Wildman–Crippen MR) is 115 cm³/mol. The fourth-order valence-corrected chi connectivity index (χ4v) is 5.21. The summed E-state index contributed by atoms with van der Waals surface area (Å²) < 4.78 is 12.3. The number of fused-ring (bicyclic) bond motifs is 7. The third-order valence-corrected chi connectivity index (χ3v) is 6.70. The minimum Gasteiger partial charge on any atom is -0.493 e. The van der Waals surface area contributed by atoms with E-state index in [2.05, 4.69) is 57.8 Å². The summed E-state index contributed by atoms with van der Waals surface area (Å²) in [5.41, 5.74) is 2.64. The maximum Gasteiger partial charge on any atom is 0.223 e. The van der Waals surface area contributed by atoms with Crippen molar-refractivity contribution in [3.63, 3.8) is 0 Å². The Labute approximate surface area is 171 Å². The lowest BCUT2D eigenvalue weighted by molar-refractivity contribution is -0.129. The van der Waals surface area contributed by atoms with Crippen molar-refractivity contribution < 1.29 is 14.3 Å². The van der Waals surface area contributed by atoms with Gasteiger partial charge in [-0.2, -0.15) is 0 Å². The topological polar surface area (TPSA) is 38.8 Å². The highest BCUT2D eigenvalue weighted by Gasteiger charge is 2.36. The van der Waals surface area contributed by atoms with Crippen LogP contribution in [-0.2, 0) is 17.8 Å². The summed E-state index contributed by atoms with van der Waals surface area (Å²) in [5, 5.41) is 4.86. The Morgan fingerprint density at radius 2 is 1.67 bits per heavy atom. The first-order valence-corrected chi connectivity index (χ1v) is 10.3. The van der Waals surface area contributed by atoms with Gasteiger partial charge in [0, 0.05) is 22.6 Å². The van der Waals surface area contributed by atoms with Crippen molar-refractivity contribution in [3.8, 4) is 11.5 Å². The first kappa shape index (κ1) is 17.1. The van der Waals surface area contributed by atoms with Crippen LogP contribution in [0.2, 0.25) is 0 Å². The molecule has 2 aliphatic rings. The van der Waals surface area contributed by atoms with Crippen LogP contribution in [0, 0.1) is 3.57 Å². The predicted octanol–water partition coefficient (Wildman–Crippen LogP) is 4.66. The number of carbonyl (C=O) groups excluding carboxylic acids is 1. The van der Waals surface area contributed by atoms with E-state index in [1.54, 1.807) is 14.2 Å². The number of benzene rings is 3. The highest BCUT2D eigenvalue weighted by atomic mass is 127. The molecule has 1 amide bonds. The molecule has 3 aromatic rings. The molecule has 27 heavy (non-hydrogen) atoms. The Balaban J connectivity index is 1.89. The third kappa shape index (κ3) is 2.51. The molecule has 1 fully saturated rings. The van der Waals surface area contributed by atoms with Gasteiger partial charge >= 0.3 is 0 Å². The quantitative estimate of drug-likeness (QED) is 0.402. The SMILES string of the molecule is COc1cc2c3c(c4ccc(I)cc4c2cc1OC)C[C@@H]1CCC(=O)N1C3. The molecule has 2 heterocycles. The molecule has 1 atom stereocenters. The maximum absolute atomic E-state index is 12.4. The molecule has 3 aromatic carbocycles. The Hall–Kier alpha value is -2.02. The molecule has 0 aliphatic carbocycles. The Kier molecular flexibility index (Phi) is 3.96. The van der Waals surface area contributed by atoms with E-state index in [0.717, 1.165) is 35.1 Å². The average molecular weight is 473 g/mol. The normalized spacial score (nSPS) is 18.7. The number of halogens is 1. The summed E-state index contributed by atoms with van der Waals surface area (Å²) in [5.74, 6) is 1.74. The van der Waals surface area contributed by atoms with E-state index in [-0.39, 0.29) is 5.91 Å². The largest absolute Gasteiger partial charge is 0.493 e. The van der Waals surface area contributed by atoms with Crippen LogP contribution in [0.3, 0.4) is 0 Å². The second kappa shape index (κ2) is 6.26. The van der Waals surface area contributed by atoms with E-state index in [1.807, 2.05) is 0 Å². The molecule has 0 aromatic heterocycles. The standard InChI is InChI=1S/C22H20INO3/c1-26-20-9-17-15-7-12(23)3-5-14(15)16-8-13-4-6-22(25)24(13)11-19(16)18(17)10-21(20)27-2/h3,5,7,9-10,13H,4,6,8,11H2,1-2H3/t13-/m0/s1. The Bertz CT molecular complexity index is 1110. The number of rotatable bonds is 2. The molecule has 0 bridgehead atoms. The van der Waals surface area contributed by atoms with Crippen LogP contribution < -0.4 is 9.47 Å². The molecule has 0 radical (unpaired) electrons. The smallest absolute Gasteiger partial charge is 0.223 e. The fourth-order valence-electron chi connectivity index (χ4n) is 4.72. The zero-order valence-corrected chi connectivity index (χ0v) is 17.5. The first-order valence-electron chi connectivity index (χ1n) is 9.19. The monoisotopic (exact) mass is 473 g/mol. The summed E-state index contributed by atoms with van der Waals surface area (Å²) in [4.78, 5) is 14.4. The van der Waals surface area contributed by atoms with Crippen molar-refractivity contribution in [1.82, 2.24) is 4.90 Å². The molecule has 5 heteroatoms. The molecule has 1 saturated heterocycles.